The van der Waals surface area contributed by atoms with Gasteiger partial charge in [-0.3, -0.25) is 4.79 Å². The summed E-state index contributed by atoms with van der Waals surface area (Å²) in [6.45, 7) is 0.849. The molecule has 0 radical (unpaired) electrons. The van der Waals surface area contributed by atoms with Crippen molar-refractivity contribution in [3.05, 3.63) is 65.2 Å². The SMILES string of the molecule is COc1ccccc1C1CCN(C(=O)c2ccccc2C(F)(F)F)CC1. The molecule has 1 heterocycles. The van der Waals surface area contributed by atoms with Gasteiger partial charge < -0.3 is 9.64 Å². The number of para-hydroxylation sites is 1. The first-order valence-electron chi connectivity index (χ1n) is 8.50. The summed E-state index contributed by atoms with van der Waals surface area (Å²) in [5.41, 5.74) is -0.0783. The first-order valence-corrected chi connectivity index (χ1v) is 8.50. The molecule has 0 atom stereocenters. The summed E-state index contributed by atoms with van der Waals surface area (Å²) in [4.78, 5) is 14.1. The molecule has 0 bridgehead atoms. The maximum Gasteiger partial charge on any atom is 0.417 e. The fourth-order valence-corrected chi connectivity index (χ4v) is 3.48. The molecule has 1 saturated heterocycles. The predicted octanol–water partition coefficient (Wildman–Crippen LogP) is 4.73. The van der Waals surface area contributed by atoms with Crippen molar-refractivity contribution in [2.24, 2.45) is 0 Å². The number of halogens is 3. The molecule has 0 unspecified atom stereocenters. The average molecular weight is 363 g/mol. The number of rotatable bonds is 3. The Bertz CT molecular complexity index is 781. The van der Waals surface area contributed by atoms with E-state index in [2.05, 4.69) is 0 Å². The van der Waals surface area contributed by atoms with Crippen LogP contribution in [0.5, 0.6) is 5.75 Å². The molecule has 3 rings (SSSR count). The van der Waals surface area contributed by atoms with E-state index in [0.717, 1.165) is 17.4 Å². The molecule has 1 aliphatic rings. The Labute approximate surface area is 150 Å². The summed E-state index contributed by atoms with van der Waals surface area (Å²) in [6, 6.07) is 12.7. The second-order valence-corrected chi connectivity index (χ2v) is 6.35. The van der Waals surface area contributed by atoms with E-state index in [9.17, 15) is 18.0 Å². The summed E-state index contributed by atoms with van der Waals surface area (Å²) in [6.07, 6.45) is -3.15. The molecule has 1 aliphatic heterocycles. The van der Waals surface area contributed by atoms with Crippen LogP contribution < -0.4 is 4.74 Å². The number of amides is 1. The smallest absolute Gasteiger partial charge is 0.417 e. The Kier molecular flexibility index (Phi) is 5.20. The minimum Gasteiger partial charge on any atom is -0.496 e. The van der Waals surface area contributed by atoms with E-state index in [4.69, 9.17) is 4.74 Å². The zero-order chi connectivity index (χ0) is 18.7. The number of hydrogen-bond acceptors (Lipinski definition) is 2. The quantitative estimate of drug-likeness (QED) is 0.789. The Hall–Kier alpha value is -2.50. The highest BCUT2D eigenvalue weighted by molar-refractivity contribution is 5.96. The third-order valence-corrected chi connectivity index (χ3v) is 4.82. The van der Waals surface area contributed by atoms with Gasteiger partial charge in [0.1, 0.15) is 5.75 Å². The molecule has 138 valence electrons. The van der Waals surface area contributed by atoms with Gasteiger partial charge >= 0.3 is 6.18 Å². The normalized spacial score (nSPS) is 15.8. The van der Waals surface area contributed by atoms with Crippen molar-refractivity contribution in [1.82, 2.24) is 4.90 Å². The Morgan fingerprint density at radius 1 is 1.04 bits per heavy atom. The van der Waals surface area contributed by atoms with Crippen LogP contribution >= 0.6 is 0 Å². The second-order valence-electron chi connectivity index (χ2n) is 6.35. The van der Waals surface area contributed by atoms with Crippen LogP contribution in [0.1, 0.15) is 40.2 Å². The van der Waals surface area contributed by atoms with Gasteiger partial charge in [-0.2, -0.15) is 13.2 Å². The van der Waals surface area contributed by atoms with Crippen molar-refractivity contribution in [2.45, 2.75) is 24.9 Å². The van der Waals surface area contributed by atoms with Crippen molar-refractivity contribution in [3.8, 4) is 5.75 Å². The third-order valence-electron chi connectivity index (χ3n) is 4.82. The topological polar surface area (TPSA) is 29.5 Å². The van der Waals surface area contributed by atoms with E-state index in [1.54, 1.807) is 7.11 Å². The van der Waals surface area contributed by atoms with E-state index in [0.29, 0.717) is 25.9 Å². The molecular formula is C20H20F3NO2. The Balaban J connectivity index is 1.74. The van der Waals surface area contributed by atoms with E-state index in [-0.39, 0.29) is 11.5 Å². The highest BCUT2D eigenvalue weighted by atomic mass is 19.4. The number of likely N-dealkylation sites (tertiary alicyclic amines) is 1. The lowest BCUT2D eigenvalue weighted by atomic mass is 9.88. The highest BCUT2D eigenvalue weighted by Gasteiger charge is 2.36. The van der Waals surface area contributed by atoms with E-state index >= 15 is 0 Å². The number of piperidine rings is 1. The molecule has 1 amide bonds. The van der Waals surface area contributed by atoms with Crippen molar-refractivity contribution in [3.63, 3.8) is 0 Å². The van der Waals surface area contributed by atoms with Crippen molar-refractivity contribution >= 4 is 5.91 Å². The van der Waals surface area contributed by atoms with Gasteiger partial charge in [0.2, 0.25) is 0 Å². The number of carbonyl (C=O) groups excluding carboxylic acids is 1. The Morgan fingerprint density at radius 3 is 2.31 bits per heavy atom. The van der Waals surface area contributed by atoms with Crippen LogP contribution in [0.4, 0.5) is 13.2 Å². The third kappa shape index (κ3) is 3.69. The highest BCUT2D eigenvalue weighted by Crippen LogP contribution is 2.36. The van der Waals surface area contributed by atoms with Gasteiger partial charge in [0.15, 0.2) is 0 Å². The molecule has 0 N–H and O–H groups in total. The van der Waals surface area contributed by atoms with Gasteiger partial charge in [0.25, 0.3) is 5.91 Å². The maximum atomic E-state index is 13.2. The summed E-state index contributed by atoms with van der Waals surface area (Å²) >= 11 is 0. The van der Waals surface area contributed by atoms with Gasteiger partial charge in [0, 0.05) is 13.1 Å². The number of alkyl halides is 3. The molecule has 0 aromatic heterocycles. The minimum absolute atomic E-state index is 0.230. The lowest BCUT2D eigenvalue weighted by Crippen LogP contribution is -2.38. The largest absolute Gasteiger partial charge is 0.496 e. The lowest BCUT2D eigenvalue weighted by Gasteiger charge is -2.33. The average Bonchev–Trinajstić information content (AvgIpc) is 2.67. The summed E-state index contributed by atoms with van der Waals surface area (Å²) in [5.74, 6) is 0.476. The maximum absolute atomic E-state index is 13.2. The first kappa shape index (κ1) is 18.3. The predicted molar refractivity (Wildman–Crippen MR) is 92.3 cm³/mol. The molecule has 1 fully saturated rings. The van der Waals surface area contributed by atoms with Gasteiger partial charge in [-0.1, -0.05) is 30.3 Å². The molecule has 26 heavy (non-hydrogen) atoms. The van der Waals surface area contributed by atoms with Gasteiger partial charge in [-0.05, 0) is 42.5 Å². The van der Waals surface area contributed by atoms with Crippen molar-refractivity contribution in [2.75, 3.05) is 20.2 Å². The van der Waals surface area contributed by atoms with Crippen molar-refractivity contribution in [1.29, 1.82) is 0 Å². The zero-order valence-corrected chi connectivity index (χ0v) is 14.4. The standard InChI is InChI=1S/C20H20F3NO2/c1-26-18-9-5-3-6-15(18)14-10-12-24(13-11-14)19(25)16-7-2-4-8-17(16)20(21,22)23/h2-9,14H,10-13H2,1H3. The number of carbonyl (C=O) groups is 1. The van der Waals surface area contributed by atoms with Gasteiger partial charge in [-0.15, -0.1) is 0 Å². The number of nitrogens with zero attached hydrogens (tertiary/aromatic N) is 1. The van der Waals surface area contributed by atoms with Crippen LogP contribution in [0, 0.1) is 0 Å². The lowest BCUT2D eigenvalue weighted by molar-refractivity contribution is -0.138. The number of hydrogen-bond donors (Lipinski definition) is 0. The zero-order valence-electron chi connectivity index (χ0n) is 14.4. The van der Waals surface area contributed by atoms with Crippen LogP contribution in [-0.4, -0.2) is 31.0 Å². The fourth-order valence-electron chi connectivity index (χ4n) is 3.48. The summed E-state index contributed by atoms with van der Waals surface area (Å²) in [5, 5.41) is 0. The van der Waals surface area contributed by atoms with Crippen molar-refractivity contribution < 1.29 is 22.7 Å². The number of benzene rings is 2. The van der Waals surface area contributed by atoms with Crippen LogP contribution in [-0.2, 0) is 6.18 Å². The summed E-state index contributed by atoms with van der Waals surface area (Å²) < 4.78 is 44.9. The molecule has 0 aliphatic carbocycles. The minimum atomic E-state index is -4.54. The molecule has 3 nitrogen and oxygen atoms in total. The summed E-state index contributed by atoms with van der Waals surface area (Å²) in [7, 11) is 1.62. The fraction of sp³-hybridized carbons (Fsp3) is 0.350. The second kappa shape index (κ2) is 7.40. The molecule has 2 aromatic carbocycles. The molecule has 2 aromatic rings. The first-order chi connectivity index (χ1) is 12.4. The van der Waals surface area contributed by atoms with E-state index < -0.39 is 17.6 Å². The van der Waals surface area contributed by atoms with Gasteiger partial charge in [-0.25, -0.2) is 0 Å². The molecule has 6 heteroatoms. The van der Waals surface area contributed by atoms with Crippen LogP contribution in [0.15, 0.2) is 48.5 Å². The molecule has 0 spiro atoms. The van der Waals surface area contributed by atoms with E-state index in [1.807, 2.05) is 24.3 Å². The molecule has 0 saturated carbocycles. The van der Waals surface area contributed by atoms with Gasteiger partial charge in [0.05, 0.1) is 18.2 Å². The van der Waals surface area contributed by atoms with Crippen LogP contribution in [0.2, 0.25) is 0 Å². The monoisotopic (exact) mass is 363 g/mol. The van der Waals surface area contributed by atoms with Crippen LogP contribution in [0.25, 0.3) is 0 Å². The van der Waals surface area contributed by atoms with E-state index in [1.165, 1.54) is 23.1 Å². The molecular weight excluding hydrogens is 343 g/mol. The van der Waals surface area contributed by atoms with Crippen LogP contribution in [0.3, 0.4) is 0 Å². The Morgan fingerprint density at radius 2 is 1.65 bits per heavy atom. The number of ether oxygens (including phenoxy) is 1. The number of methoxy groups -OCH3 is 1.